The van der Waals surface area contributed by atoms with Crippen LogP contribution in [0, 0.1) is 11.8 Å². The molecule has 0 aromatic rings. The molecule has 0 radical (unpaired) electrons. The Morgan fingerprint density at radius 2 is 2.19 bits per heavy atom. The predicted molar refractivity (Wildman–Crippen MR) is 66.2 cm³/mol. The predicted octanol–water partition coefficient (Wildman–Crippen LogP) is 0.840. The molecule has 0 spiro atoms. The maximum atomic E-state index is 3.65. The summed E-state index contributed by atoms with van der Waals surface area (Å²) in [5, 5.41) is 10.8. The van der Waals surface area contributed by atoms with Gasteiger partial charge in [0.15, 0.2) is 0 Å². The zero-order valence-electron chi connectivity index (χ0n) is 10.1. The molecule has 0 aliphatic carbocycles. The van der Waals surface area contributed by atoms with Gasteiger partial charge in [0.2, 0.25) is 0 Å². The van der Waals surface area contributed by atoms with E-state index in [0.717, 1.165) is 18.4 Å². The molecule has 90 valence electrons. The molecule has 3 heterocycles. The van der Waals surface area contributed by atoms with Crippen molar-refractivity contribution in [3.05, 3.63) is 11.6 Å². The lowest BCUT2D eigenvalue weighted by Gasteiger charge is -2.32. The Bertz CT molecular complexity index is 287. The van der Waals surface area contributed by atoms with Crippen LogP contribution in [0.2, 0.25) is 0 Å². The lowest BCUT2D eigenvalue weighted by atomic mass is 9.79. The first kappa shape index (κ1) is 10.8. The zero-order chi connectivity index (χ0) is 11.0. The second-order valence-electron chi connectivity index (χ2n) is 5.55. The molecule has 0 saturated carbocycles. The summed E-state index contributed by atoms with van der Waals surface area (Å²) in [7, 11) is 0. The van der Waals surface area contributed by atoms with Crippen LogP contribution in [-0.4, -0.2) is 31.8 Å². The van der Waals surface area contributed by atoms with Crippen LogP contribution < -0.4 is 16.0 Å². The normalized spacial score (nSPS) is 43.9. The quantitative estimate of drug-likeness (QED) is 0.574. The fourth-order valence-corrected chi connectivity index (χ4v) is 3.58. The van der Waals surface area contributed by atoms with Gasteiger partial charge in [0.1, 0.15) is 0 Å². The van der Waals surface area contributed by atoms with E-state index in [2.05, 4.69) is 29.0 Å². The summed E-state index contributed by atoms with van der Waals surface area (Å²) in [5.74, 6) is 1.63. The minimum absolute atomic E-state index is 0.588. The van der Waals surface area contributed by atoms with Crippen LogP contribution in [0.1, 0.15) is 26.2 Å². The third-order valence-electron chi connectivity index (χ3n) is 4.43. The van der Waals surface area contributed by atoms with Gasteiger partial charge in [0.05, 0.1) is 6.17 Å². The van der Waals surface area contributed by atoms with E-state index >= 15 is 0 Å². The molecule has 3 N–H and O–H groups in total. The van der Waals surface area contributed by atoms with Crippen molar-refractivity contribution in [2.45, 2.75) is 38.4 Å². The van der Waals surface area contributed by atoms with Crippen molar-refractivity contribution in [1.82, 2.24) is 16.0 Å². The fourth-order valence-electron chi connectivity index (χ4n) is 3.58. The Hall–Kier alpha value is -0.380. The maximum Gasteiger partial charge on any atom is 0.0607 e. The fraction of sp³-hybridized carbons (Fsp3) is 0.846. The molecule has 0 aromatic heterocycles. The van der Waals surface area contributed by atoms with Crippen LogP contribution in [0.5, 0.6) is 0 Å². The monoisotopic (exact) mass is 221 g/mol. The van der Waals surface area contributed by atoms with Gasteiger partial charge < -0.3 is 16.0 Å². The molecular formula is C13H23N3. The Morgan fingerprint density at radius 1 is 1.25 bits per heavy atom. The average molecular weight is 221 g/mol. The van der Waals surface area contributed by atoms with Crippen LogP contribution in [0.3, 0.4) is 0 Å². The van der Waals surface area contributed by atoms with Gasteiger partial charge in [-0.15, -0.1) is 0 Å². The van der Waals surface area contributed by atoms with E-state index in [1.807, 2.05) is 0 Å². The first-order valence-corrected chi connectivity index (χ1v) is 6.73. The van der Waals surface area contributed by atoms with Gasteiger partial charge in [-0.25, -0.2) is 0 Å². The maximum absolute atomic E-state index is 3.65. The Morgan fingerprint density at radius 3 is 3.06 bits per heavy atom. The van der Waals surface area contributed by atoms with Crippen molar-refractivity contribution < 1.29 is 0 Å². The summed E-state index contributed by atoms with van der Waals surface area (Å²) in [6.07, 6.45) is 7.01. The number of hydrogen-bond donors (Lipinski definition) is 3. The van der Waals surface area contributed by atoms with Gasteiger partial charge in [-0.3, -0.25) is 0 Å². The molecular weight excluding hydrogens is 198 g/mol. The molecule has 2 fully saturated rings. The number of piperidine rings is 1. The average Bonchev–Trinajstić information content (AvgIpc) is 2.72. The highest BCUT2D eigenvalue weighted by atomic mass is 15.2. The number of nitrogens with one attached hydrogen (secondary N) is 3. The third kappa shape index (κ3) is 1.92. The van der Waals surface area contributed by atoms with Gasteiger partial charge >= 0.3 is 0 Å². The van der Waals surface area contributed by atoms with Gasteiger partial charge in [-0.2, -0.15) is 0 Å². The van der Waals surface area contributed by atoms with Crippen LogP contribution in [0.25, 0.3) is 0 Å². The molecule has 0 aromatic carbocycles. The standard InChI is InChI=1S/C13H23N3/c1-9-7-10(4-6-14-9)12-8-16-13-11(12)3-2-5-15-13/h4,9,11-16H,2-3,5-8H2,1H3/t9-,11?,12?,13?/m0/s1. The molecule has 2 saturated heterocycles. The molecule has 3 aliphatic rings. The SMILES string of the molecule is C[C@H]1CC(C2CNC3NCCCC32)=CCN1. The zero-order valence-corrected chi connectivity index (χ0v) is 10.1. The molecule has 3 nitrogen and oxygen atoms in total. The first-order chi connectivity index (χ1) is 7.84. The van der Waals surface area contributed by atoms with Crippen molar-refractivity contribution in [2.24, 2.45) is 11.8 Å². The van der Waals surface area contributed by atoms with Crippen LogP contribution in [0.4, 0.5) is 0 Å². The van der Waals surface area contributed by atoms with E-state index in [-0.39, 0.29) is 0 Å². The first-order valence-electron chi connectivity index (χ1n) is 6.73. The van der Waals surface area contributed by atoms with Crippen molar-refractivity contribution >= 4 is 0 Å². The second-order valence-corrected chi connectivity index (χ2v) is 5.55. The van der Waals surface area contributed by atoms with Gasteiger partial charge in [0.25, 0.3) is 0 Å². The van der Waals surface area contributed by atoms with E-state index in [0.29, 0.717) is 12.2 Å². The third-order valence-corrected chi connectivity index (χ3v) is 4.43. The Kier molecular flexibility index (Phi) is 3.01. The number of hydrogen-bond acceptors (Lipinski definition) is 3. The molecule has 16 heavy (non-hydrogen) atoms. The molecule has 3 rings (SSSR count). The van der Waals surface area contributed by atoms with Gasteiger partial charge in [-0.05, 0) is 44.6 Å². The second kappa shape index (κ2) is 4.47. The van der Waals surface area contributed by atoms with Crippen LogP contribution in [0.15, 0.2) is 11.6 Å². The van der Waals surface area contributed by atoms with E-state index < -0.39 is 0 Å². The largest absolute Gasteiger partial charge is 0.310 e. The van der Waals surface area contributed by atoms with E-state index in [9.17, 15) is 0 Å². The molecule has 3 unspecified atom stereocenters. The molecule has 0 amide bonds. The number of fused-ring (bicyclic) bond motifs is 1. The summed E-state index contributed by atoms with van der Waals surface area (Å²) >= 11 is 0. The van der Waals surface area contributed by atoms with E-state index in [1.165, 1.54) is 32.4 Å². The summed E-state index contributed by atoms with van der Waals surface area (Å²) < 4.78 is 0. The van der Waals surface area contributed by atoms with Crippen molar-refractivity contribution in [1.29, 1.82) is 0 Å². The van der Waals surface area contributed by atoms with Gasteiger partial charge in [0, 0.05) is 19.1 Å². The molecule has 4 atom stereocenters. The highest BCUT2D eigenvalue weighted by Gasteiger charge is 2.39. The molecule has 0 bridgehead atoms. The van der Waals surface area contributed by atoms with Crippen molar-refractivity contribution in [3.63, 3.8) is 0 Å². The lowest BCUT2D eigenvalue weighted by Crippen LogP contribution is -2.46. The Balaban J connectivity index is 1.72. The number of rotatable bonds is 1. The minimum atomic E-state index is 0.588. The van der Waals surface area contributed by atoms with Crippen LogP contribution >= 0.6 is 0 Å². The summed E-state index contributed by atoms with van der Waals surface area (Å²) in [6, 6.07) is 0.663. The lowest BCUT2D eigenvalue weighted by molar-refractivity contribution is 0.267. The highest BCUT2D eigenvalue weighted by Crippen LogP contribution is 2.35. The summed E-state index contributed by atoms with van der Waals surface area (Å²) in [6.45, 7) is 5.74. The summed E-state index contributed by atoms with van der Waals surface area (Å²) in [4.78, 5) is 0. The molecule has 3 aliphatic heterocycles. The summed E-state index contributed by atoms with van der Waals surface area (Å²) in [5.41, 5.74) is 1.70. The van der Waals surface area contributed by atoms with E-state index in [4.69, 9.17) is 0 Å². The highest BCUT2D eigenvalue weighted by molar-refractivity contribution is 5.17. The van der Waals surface area contributed by atoms with Crippen molar-refractivity contribution in [2.75, 3.05) is 19.6 Å². The van der Waals surface area contributed by atoms with Gasteiger partial charge in [-0.1, -0.05) is 11.6 Å². The molecule has 3 heteroatoms. The topological polar surface area (TPSA) is 36.1 Å². The van der Waals surface area contributed by atoms with E-state index in [1.54, 1.807) is 5.57 Å². The minimum Gasteiger partial charge on any atom is -0.310 e. The van der Waals surface area contributed by atoms with Crippen LogP contribution in [-0.2, 0) is 0 Å². The smallest absolute Gasteiger partial charge is 0.0607 e. The Labute approximate surface area is 98.1 Å². The van der Waals surface area contributed by atoms with Crippen molar-refractivity contribution in [3.8, 4) is 0 Å².